The van der Waals surface area contributed by atoms with Crippen molar-refractivity contribution in [3.8, 4) is 5.82 Å². The van der Waals surface area contributed by atoms with Crippen molar-refractivity contribution < 1.29 is 0 Å². The van der Waals surface area contributed by atoms with Gasteiger partial charge in [0, 0.05) is 12.4 Å². The zero-order valence-corrected chi connectivity index (χ0v) is 8.97. The molecule has 0 spiro atoms. The summed E-state index contributed by atoms with van der Waals surface area (Å²) < 4.78 is 1.31. The molecular formula is C10H13N5O. The maximum atomic E-state index is 11.8. The average Bonchev–Trinajstić information content (AvgIpc) is 2.59. The van der Waals surface area contributed by atoms with Gasteiger partial charge in [-0.1, -0.05) is 13.3 Å². The summed E-state index contributed by atoms with van der Waals surface area (Å²) in [5, 5.41) is 2.94. The number of nitrogens with two attached hydrogens (primary N) is 1. The molecule has 0 aliphatic heterocycles. The van der Waals surface area contributed by atoms with Crippen LogP contribution >= 0.6 is 0 Å². The Morgan fingerprint density at radius 1 is 1.50 bits per heavy atom. The molecule has 6 nitrogen and oxygen atoms in total. The van der Waals surface area contributed by atoms with Crippen LogP contribution in [-0.4, -0.2) is 19.7 Å². The van der Waals surface area contributed by atoms with Crippen LogP contribution in [0.15, 0.2) is 23.4 Å². The van der Waals surface area contributed by atoms with Crippen molar-refractivity contribution in [2.24, 2.45) is 0 Å². The van der Waals surface area contributed by atoms with E-state index < -0.39 is 0 Å². The molecule has 0 saturated carbocycles. The second-order valence-corrected chi connectivity index (χ2v) is 3.46. The van der Waals surface area contributed by atoms with Gasteiger partial charge in [-0.3, -0.25) is 14.9 Å². The lowest BCUT2D eigenvalue weighted by molar-refractivity contribution is 0.771. The van der Waals surface area contributed by atoms with Crippen LogP contribution in [0, 0.1) is 0 Å². The van der Waals surface area contributed by atoms with E-state index in [4.69, 9.17) is 5.73 Å². The molecule has 0 aromatic carbocycles. The Labute approximate surface area is 92.1 Å². The second-order valence-electron chi connectivity index (χ2n) is 3.46. The van der Waals surface area contributed by atoms with Gasteiger partial charge < -0.3 is 5.73 Å². The minimum absolute atomic E-state index is 0.257. The lowest BCUT2D eigenvalue weighted by Gasteiger charge is -1.98. The Balaban J connectivity index is 2.51. The van der Waals surface area contributed by atoms with Gasteiger partial charge in [-0.15, -0.1) is 0 Å². The zero-order chi connectivity index (χ0) is 11.5. The predicted molar refractivity (Wildman–Crippen MR) is 60.4 cm³/mol. The highest BCUT2D eigenvalue weighted by molar-refractivity contribution is 5.42. The molecular weight excluding hydrogens is 206 g/mol. The number of H-pyrrole nitrogens is 1. The topological polar surface area (TPSA) is 89.6 Å². The van der Waals surface area contributed by atoms with E-state index >= 15 is 0 Å². The van der Waals surface area contributed by atoms with Crippen LogP contribution in [0.25, 0.3) is 5.82 Å². The van der Waals surface area contributed by atoms with Crippen molar-refractivity contribution in [2.75, 3.05) is 5.73 Å². The number of hydrogen-bond acceptors (Lipinski definition) is 4. The molecule has 2 aromatic rings. The van der Waals surface area contributed by atoms with Gasteiger partial charge in [0.15, 0.2) is 5.82 Å². The lowest BCUT2D eigenvalue weighted by atomic mass is 10.2. The van der Waals surface area contributed by atoms with Crippen LogP contribution in [0.4, 0.5) is 5.69 Å². The quantitative estimate of drug-likeness (QED) is 0.786. The van der Waals surface area contributed by atoms with E-state index in [1.54, 1.807) is 6.20 Å². The standard InChI is InChI=1S/C10H13N5O/c1-2-3-7-9(11)10(16)15(14-7)8-6-12-4-5-13-8/h4-6,14H,2-3,11H2,1H3. The highest BCUT2D eigenvalue weighted by atomic mass is 16.1. The van der Waals surface area contributed by atoms with Crippen molar-refractivity contribution in [1.82, 2.24) is 19.7 Å². The first kappa shape index (κ1) is 10.4. The minimum atomic E-state index is -0.274. The smallest absolute Gasteiger partial charge is 0.296 e. The fourth-order valence-electron chi connectivity index (χ4n) is 1.50. The van der Waals surface area contributed by atoms with Crippen LogP contribution in [0.2, 0.25) is 0 Å². The van der Waals surface area contributed by atoms with Crippen molar-refractivity contribution in [1.29, 1.82) is 0 Å². The van der Waals surface area contributed by atoms with E-state index in [0.29, 0.717) is 5.82 Å². The lowest BCUT2D eigenvalue weighted by Crippen LogP contribution is -2.17. The highest BCUT2D eigenvalue weighted by Crippen LogP contribution is 2.08. The van der Waals surface area contributed by atoms with E-state index in [1.807, 2.05) is 6.92 Å². The first-order valence-corrected chi connectivity index (χ1v) is 5.09. The molecule has 0 atom stereocenters. The van der Waals surface area contributed by atoms with Gasteiger partial charge in [-0.2, -0.15) is 4.68 Å². The fraction of sp³-hybridized carbons (Fsp3) is 0.300. The molecule has 0 aliphatic carbocycles. The third-order valence-corrected chi connectivity index (χ3v) is 2.28. The van der Waals surface area contributed by atoms with E-state index in [9.17, 15) is 4.79 Å². The minimum Gasteiger partial charge on any atom is -0.393 e. The first-order chi connectivity index (χ1) is 7.74. The molecule has 0 fully saturated rings. The summed E-state index contributed by atoms with van der Waals surface area (Å²) >= 11 is 0. The maximum absolute atomic E-state index is 11.8. The molecule has 6 heteroatoms. The zero-order valence-electron chi connectivity index (χ0n) is 8.97. The number of hydrogen-bond donors (Lipinski definition) is 2. The summed E-state index contributed by atoms with van der Waals surface area (Å²) in [6.45, 7) is 2.03. The molecule has 16 heavy (non-hydrogen) atoms. The summed E-state index contributed by atoms with van der Waals surface area (Å²) in [6, 6.07) is 0. The molecule has 0 unspecified atom stereocenters. The molecule has 2 heterocycles. The third kappa shape index (κ3) is 1.69. The Bertz CT molecular complexity index is 528. The highest BCUT2D eigenvalue weighted by Gasteiger charge is 2.11. The van der Waals surface area contributed by atoms with Gasteiger partial charge in [-0.25, -0.2) is 4.98 Å². The number of nitrogens with zero attached hydrogens (tertiary/aromatic N) is 3. The average molecular weight is 219 g/mol. The van der Waals surface area contributed by atoms with Gasteiger partial charge >= 0.3 is 0 Å². The summed E-state index contributed by atoms with van der Waals surface area (Å²) in [5.41, 5.74) is 6.45. The largest absolute Gasteiger partial charge is 0.393 e. The van der Waals surface area contributed by atoms with Crippen LogP contribution in [0.3, 0.4) is 0 Å². The van der Waals surface area contributed by atoms with Gasteiger partial charge in [-0.05, 0) is 6.42 Å². The van der Waals surface area contributed by atoms with Crippen LogP contribution in [0.5, 0.6) is 0 Å². The molecule has 2 rings (SSSR count). The van der Waals surface area contributed by atoms with Crippen LogP contribution in [0.1, 0.15) is 19.0 Å². The van der Waals surface area contributed by atoms with Crippen LogP contribution in [-0.2, 0) is 6.42 Å². The van der Waals surface area contributed by atoms with Crippen molar-refractivity contribution >= 4 is 5.69 Å². The fourth-order valence-corrected chi connectivity index (χ4v) is 1.50. The number of aromatic nitrogens is 4. The summed E-state index contributed by atoms with van der Waals surface area (Å²) in [7, 11) is 0. The monoisotopic (exact) mass is 219 g/mol. The molecule has 0 amide bonds. The SMILES string of the molecule is CCCc1[nH]n(-c2cnccn2)c(=O)c1N. The van der Waals surface area contributed by atoms with Gasteiger partial charge in [0.05, 0.1) is 11.9 Å². The van der Waals surface area contributed by atoms with Gasteiger partial charge in [0.25, 0.3) is 5.56 Å². The van der Waals surface area contributed by atoms with Gasteiger partial charge in [0.2, 0.25) is 0 Å². The van der Waals surface area contributed by atoms with E-state index in [2.05, 4.69) is 15.1 Å². The second kappa shape index (κ2) is 4.18. The Morgan fingerprint density at radius 2 is 2.31 bits per heavy atom. The Kier molecular flexibility index (Phi) is 2.72. The molecule has 84 valence electrons. The van der Waals surface area contributed by atoms with E-state index in [1.165, 1.54) is 17.1 Å². The summed E-state index contributed by atoms with van der Waals surface area (Å²) in [6.07, 6.45) is 6.25. The van der Waals surface area contributed by atoms with Crippen molar-refractivity contribution in [2.45, 2.75) is 19.8 Å². The van der Waals surface area contributed by atoms with Gasteiger partial charge in [0.1, 0.15) is 5.69 Å². The van der Waals surface area contributed by atoms with E-state index in [0.717, 1.165) is 18.5 Å². The summed E-state index contributed by atoms with van der Waals surface area (Å²) in [5.74, 6) is 0.446. The first-order valence-electron chi connectivity index (χ1n) is 5.09. The number of aryl methyl sites for hydroxylation is 1. The van der Waals surface area contributed by atoms with Crippen LogP contribution < -0.4 is 11.3 Å². The molecule has 0 aliphatic rings. The van der Waals surface area contributed by atoms with Crippen molar-refractivity contribution in [3.63, 3.8) is 0 Å². The van der Waals surface area contributed by atoms with E-state index in [-0.39, 0.29) is 11.2 Å². The van der Waals surface area contributed by atoms with Crippen molar-refractivity contribution in [3.05, 3.63) is 34.6 Å². The molecule has 2 aromatic heterocycles. The molecule has 0 radical (unpaired) electrons. The number of aromatic amines is 1. The maximum Gasteiger partial charge on any atom is 0.296 e. The molecule has 3 N–H and O–H groups in total. The number of rotatable bonds is 3. The number of nitrogens with one attached hydrogen (secondary N) is 1. The number of nitrogen functional groups attached to an aromatic ring is 1. The Morgan fingerprint density at radius 3 is 2.94 bits per heavy atom. The third-order valence-electron chi connectivity index (χ3n) is 2.28. The summed E-state index contributed by atoms with van der Waals surface area (Å²) in [4.78, 5) is 19.7. The molecule has 0 saturated heterocycles. The number of anilines is 1. The Hall–Kier alpha value is -2.11. The predicted octanol–water partition coefficient (Wildman–Crippen LogP) is 0.490. The molecule has 0 bridgehead atoms. The normalized spacial score (nSPS) is 10.6.